The van der Waals surface area contributed by atoms with Crippen LogP contribution in [-0.2, 0) is 4.74 Å². The molecule has 1 aliphatic rings. The standard InChI is InChI=1S/C18H28N2O3/c1-3-12-22-17-9-7-8-16(13-17)19-18(21)23-15(2)14-20-10-5-4-6-11-20/h7-9,13,15H,3-6,10-12,14H2,1-2H3,(H,19,21). The Bertz CT molecular complexity index is 487. The van der Waals surface area contributed by atoms with Crippen molar-refractivity contribution in [3.05, 3.63) is 24.3 Å². The van der Waals surface area contributed by atoms with Crippen LogP contribution in [-0.4, -0.2) is 43.3 Å². The van der Waals surface area contributed by atoms with Gasteiger partial charge in [-0.15, -0.1) is 0 Å². The lowest BCUT2D eigenvalue weighted by molar-refractivity contribution is 0.0833. The number of ether oxygens (including phenoxy) is 2. The van der Waals surface area contributed by atoms with Gasteiger partial charge in [-0.05, 0) is 51.4 Å². The molecule has 5 nitrogen and oxygen atoms in total. The number of benzene rings is 1. The molecule has 23 heavy (non-hydrogen) atoms. The molecule has 0 saturated carbocycles. The lowest BCUT2D eigenvalue weighted by Crippen LogP contribution is -2.37. The second kappa shape index (κ2) is 9.40. The van der Waals surface area contributed by atoms with Crippen LogP contribution in [0.4, 0.5) is 10.5 Å². The van der Waals surface area contributed by atoms with Crippen molar-refractivity contribution in [1.82, 2.24) is 4.90 Å². The van der Waals surface area contributed by atoms with E-state index in [2.05, 4.69) is 17.1 Å². The van der Waals surface area contributed by atoms with Crippen LogP contribution in [0.3, 0.4) is 0 Å². The summed E-state index contributed by atoms with van der Waals surface area (Å²) in [6, 6.07) is 7.38. The minimum atomic E-state index is -0.415. The van der Waals surface area contributed by atoms with Gasteiger partial charge >= 0.3 is 6.09 Å². The fourth-order valence-electron chi connectivity index (χ4n) is 2.76. The van der Waals surface area contributed by atoms with Gasteiger partial charge < -0.3 is 9.47 Å². The van der Waals surface area contributed by atoms with Gasteiger partial charge in [0, 0.05) is 18.3 Å². The van der Waals surface area contributed by atoms with Crippen molar-refractivity contribution in [3.8, 4) is 5.75 Å². The van der Waals surface area contributed by atoms with Crippen LogP contribution in [0.2, 0.25) is 0 Å². The van der Waals surface area contributed by atoms with E-state index in [9.17, 15) is 4.79 Å². The largest absolute Gasteiger partial charge is 0.494 e. The number of anilines is 1. The Labute approximate surface area is 139 Å². The van der Waals surface area contributed by atoms with E-state index in [0.717, 1.165) is 31.8 Å². The summed E-state index contributed by atoms with van der Waals surface area (Å²) in [4.78, 5) is 14.4. The average Bonchev–Trinajstić information content (AvgIpc) is 2.54. The van der Waals surface area contributed by atoms with Crippen molar-refractivity contribution in [2.24, 2.45) is 0 Å². The van der Waals surface area contributed by atoms with Gasteiger partial charge in [-0.2, -0.15) is 0 Å². The Balaban J connectivity index is 1.77. The maximum atomic E-state index is 12.0. The van der Waals surface area contributed by atoms with Crippen LogP contribution in [0, 0.1) is 0 Å². The molecule has 1 aromatic carbocycles. The lowest BCUT2D eigenvalue weighted by atomic mass is 10.1. The summed E-state index contributed by atoms with van der Waals surface area (Å²) in [5, 5.41) is 2.77. The third-order valence-electron chi connectivity index (χ3n) is 3.83. The predicted octanol–water partition coefficient (Wildman–Crippen LogP) is 3.90. The van der Waals surface area contributed by atoms with Crippen molar-refractivity contribution < 1.29 is 14.3 Å². The Kier molecular flexibility index (Phi) is 7.20. The van der Waals surface area contributed by atoms with E-state index >= 15 is 0 Å². The van der Waals surface area contributed by atoms with Gasteiger partial charge in [0.05, 0.1) is 6.61 Å². The molecule has 0 radical (unpaired) electrons. The first-order valence-corrected chi connectivity index (χ1v) is 8.60. The minimum Gasteiger partial charge on any atom is -0.494 e. The number of hydrogen-bond acceptors (Lipinski definition) is 4. The van der Waals surface area contributed by atoms with E-state index in [4.69, 9.17) is 9.47 Å². The molecule has 1 unspecified atom stereocenters. The highest BCUT2D eigenvalue weighted by atomic mass is 16.6. The second-order valence-corrected chi connectivity index (χ2v) is 6.08. The van der Waals surface area contributed by atoms with E-state index in [0.29, 0.717) is 12.3 Å². The summed E-state index contributed by atoms with van der Waals surface area (Å²) in [5.74, 6) is 0.756. The summed E-state index contributed by atoms with van der Waals surface area (Å²) in [7, 11) is 0. The molecular weight excluding hydrogens is 292 g/mol. The third kappa shape index (κ3) is 6.48. The first-order valence-electron chi connectivity index (χ1n) is 8.60. The Morgan fingerprint density at radius 2 is 2.09 bits per heavy atom. The smallest absolute Gasteiger partial charge is 0.411 e. The quantitative estimate of drug-likeness (QED) is 0.828. The van der Waals surface area contributed by atoms with Crippen LogP contribution in [0.1, 0.15) is 39.5 Å². The zero-order chi connectivity index (χ0) is 16.5. The van der Waals surface area contributed by atoms with Crippen LogP contribution in [0.15, 0.2) is 24.3 Å². The van der Waals surface area contributed by atoms with Crippen molar-refractivity contribution in [3.63, 3.8) is 0 Å². The van der Waals surface area contributed by atoms with Crippen molar-refractivity contribution >= 4 is 11.8 Å². The molecule has 1 amide bonds. The lowest BCUT2D eigenvalue weighted by Gasteiger charge is -2.28. The zero-order valence-electron chi connectivity index (χ0n) is 14.2. The number of piperidine rings is 1. The summed E-state index contributed by atoms with van der Waals surface area (Å²) in [6.07, 6.45) is 4.21. The molecule has 0 bridgehead atoms. The molecule has 1 aromatic rings. The van der Waals surface area contributed by atoms with Crippen molar-refractivity contribution in [2.75, 3.05) is 31.6 Å². The maximum absolute atomic E-state index is 12.0. The normalized spacial score (nSPS) is 16.6. The van der Waals surface area contributed by atoms with Gasteiger partial charge in [0.2, 0.25) is 0 Å². The van der Waals surface area contributed by atoms with E-state index in [-0.39, 0.29) is 6.10 Å². The monoisotopic (exact) mass is 320 g/mol. The number of carbonyl (C=O) groups is 1. The molecule has 0 aliphatic carbocycles. The highest BCUT2D eigenvalue weighted by molar-refractivity contribution is 5.84. The molecule has 1 heterocycles. The number of likely N-dealkylation sites (tertiary alicyclic amines) is 1. The van der Waals surface area contributed by atoms with Gasteiger partial charge in [-0.25, -0.2) is 4.79 Å². The molecule has 128 valence electrons. The van der Waals surface area contributed by atoms with Crippen LogP contribution in [0.25, 0.3) is 0 Å². The zero-order valence-corrected chi connectivity index (χ0v) is 14.2. The van der Waals surface area contributed by atoms with Gasteiger partial charge in [0.1, 0.15) is 11.9 Å². The molecule has 5 heteroatoms. The molecule has 0 aromatic heterocycles. The van der Waals surface area contributed by atoms with Crippen molar-refractivity contribution in [2.45, 2.75) is 45.6 Å². The SMILES string of the molecule is CCCOc1cccc(NC(=O)OC(C)CN2CCCCC2)c1. The van der Waals surface area contributed by atoms with E-state index in [1.807, 2.05) is 31.2 Å². The van der Waals surface area contributed by atoms with Gasteiger partial charge in [0.25, 0.3) is 0 Å². The van der Waals surface area contributed by atoms with Gasteiger partial charge in [-0.1, -0.05) is 19.4 Å². The number of hydrogen-bond donors (Lipinski definition) is 1. The van der Waals surface area contributed by atoms with E-state index < -0.39 is 6.09 Å². The van der Waals surface area contributed by atoms with Crippen LogP contribution in [0.5, 0.6) is 5.75 Å². The van der Waals surface area contributed by atoms with E-state index in [1.165, 1.54) is 19.3 Å². The fraction of sp³-hybridized carbons (Fsp3) is 0.611. The first-order chi connectivity index (χ1) is 11.2. The summed E-state index contributed by atoms with van der Waals surface area (Å²) >= 11 is 0. The highest BCUT2D eigenvalue weighted by Crippen LogP contribution is 2.18. The minimum absolute atomic E-state index is 0.118. The number of nitrogens with zero attached hydrogens (tertiary/aromatic N) is 1. The summed E-state index contributed by atoms with van der Waals surface area (Å²) in [6.45, 7) is 7.67. The molecule has 2 rings (SSSR count). The topological polar surface area (TPSA) is 50.8 Å². The predicted molar refractivity (Wildman–Crippen MR) is 92.1 cm³/mol. The number of rotatable bonds is 7. The molecule has 1 aliphatic heterocycles. The molecule has 1 atom stereocenters. The molecule has 0 spiro atoms. The van der Waals surface area contributed by atoms with Crippen LogP contribution < -0.4 is 10.1 Å². The first kappa shape index (κ1) is 17.6. The number of carbonyl (C=O) groups excluding carboxylic acids is 1. The van der Waals surface area contributed by atoms with Gasteiger partial charge in [0.15, 0.2) is 0 Å². The summed E-state index contributed by atoms with van der Waals surface area (Å²) in [5.41, 5.74) is 0.689. The fourth-order valence-corrected chi connectivity index (χ4v) is 2.76. The highest BCUT2D eigenvalue weighted by Gasteiger charge is 2.16. The van der Waals surface area contributed by atoms with Crippen LogP contribution >= 0.6 is 0 Å². The van der Waals surface area contributed by atoms with Gasteiger partial charge in [-0.3, -0.25) is 10.2 Å². The Morgan fingerprint density at radius 1 is 1.30 bits per heavy atom. The maximum Gasteiger partial charge on any atom is 0.411 e. The average molecular weight is 320 g/mol. The molecule has 1 saturated heterocycles. The number of amides is 1. The third-order valence-corrected chi connectivity index (χ3v) is 3.83. The Hall–Kier alpha value is -1.75. The van der Waals surface area contributed by atoms with Crippen molar-refractivity contribution in [1.29, 1.82) is 0 Å². The van der Waals surface area contributed by atoms with E-state index in [1.54, 1.807) is 0 Å². The summed E-state index contributed by atoms with van der Waals surface area (Å²) < 4.78 is 11.0. The number of nitrogens with one attached hydrogen (secondary N) is 1. The molecule has 1 fully saturated rings. The molecule has 1 N–H and O–H groups in total. The second-order valence-electron chi connectivity index (χ2n) is 6.08. The Morgan fingerprint density at radius 3 is 2.83 bits per heavy atom. The molecular formula is C18H28N2O3.